The molecule has 1 aliphatic rings. The highest BCUT2D eigenvalue weighted by atomic mass is 15.2. The molecule has 0 amide bonds. The van der Waals surface area contributed by atoms with Crippen LogP contribution in [0.5, 0.6) is 0 Å². The molecule has 94 valence electrons. The largest absolute Gasteiger partial charge is 0.387 e. The molecule has 1 aliphatic carbocycles. The van der Waals surface area contributed by atoms with Gasteiger partial charge in [0.15, 0.2) is 0 Å². The van der Waals surface area contributed by atoms with Gasteiger partial charge in [-0.05, 0) is 25.5 Å². The summed E-state index contributed by atoms with van der Waals surface area (Å²) in [5.74, 6) is 0. The zero-order chi connectivity index (χ0) is 12.1. The first kappa shape index (κ1) is 12.2. The second-order valence-electron chi connectivity index (χ2n) is 4.50. The predicted octanol–water partition coefficient (Wildman–Crippen LogP) is 2.02. The first-order chi connectivity index (χ1) is 8.33. The Labute approximate surface area is 103 Å². The van der Waals surface area contributed by atoms with Gasteiger partial charge in [-0.1, -0.05) is 6.92 Å². The van der Waals surface area contributed by atoms with Gasteiger partial charge >= 0.3 is 0 Å². The summed E-state index contributed by atoms with van der Waals surface area (Å²) >= 11 is 0. The lowest BCUT2D eigenvalue weighted by atomic mass is 10.3. The van der Waals surface area contributed by atoms with E-state index in [9.17, 15) is 0 Å². The first-order valence-corrected chi connectivity index (χ1v) is 6.44. The van der Waals surface area contributed by atoms with Crippen molar-refractivity contribution in [2.75, 3.05) is 37.3 Å². The van der Waals surface area contributed by atoms with Crippen molar-refractivity contribution in [2.24, 2.45) is 0 Å². The second kappa shape index (κ2) is 5.87. The Balaban J connectivity index is 1.76. The van der Waals surface area contributed by atoms with Crippen LogP contribution < -0.4 is 10.6 Å². The van der Waals surface area contributed by atoms with E-state index in [0.29, 0.717) is 0 Å². The van der Waals surface area contributed by atoms with Crippen LogP contribution in [0.3, 0.4) is 0 Å². The number of nitrogens with one attached hydrogen (secondary N) is 2. The molecular formula is C13H22N4. The molecule has 2 rings (SSSR count). The average molecular weight is 234 g/mol. The van der Waals surface area contributed by atoms with Gasteiger partial charge in [-0.3, -0.25) is 9.88 Å². The Morgan fingerprint density at radius 1 is 1.35 bits per heavy atom. The molecule has 1 aromatic heterocycles. The fraction of sp³-hybridized carbons (Fsp3) is 0.615. The molecule has 17 heavy (non-hydrogen) atoms. The Morgan fingerprint density at radius 3 is 2.76 bits per heavy atom. The third kappa shape index (κ3) is 3.60. The summed E-state index contributed by atoms with van der Waals surface area (Å²) in [5.41, 5.74) is 2.13. The van der Waals surface area contributed by atoms with Gasteiger partial charge in [-0.25, -0.2) is 0 Å². The first-order valence-electron chi connectivity index (χ1n) is 6.44. The van der Waals surface area contributed by atoms with Crippen molar-refractivity contribution in [2.45, 2.75) is 25.8 Å². The highest BCUT2D eigenvalue weighted by Gasteiger charge is 2.26. The van der Waals surface area contributed by atoms with Crippen LogP contribution in [-0.4, -0.2) is 42.6 Å². The van der Waals surface area contributed by atoms with Crippen molar-refractivity contribution in [1.29, 1.82) is 0 Å². The van der Waals surface area contributed by atoms with Gasteiger partial charge in [-0.2, -0.15) is 0 Å². The maximum Gasteiger partial charge on any atom is 0.0547 e. The van der Waals surface area contributed by atoms with Gasteiger partial charge in [0.1, 0.15) is 0 Å². The maximum atomic E-state index is 4.18. The lowest BCUT2D eigenvalue weighted by molar-refractivity contribution is 0.289. The Hall–Kier alpha value is -1.29. The molecule has 0 unspecified atom stereocenters. The van der Waals surface area contributed by atoms with E-state index in [1.165, 1.54) is 12.8 Å². The van der Waals surface area contributed by atoms with E-state index in [1.807, 2.05) is 19.4 Å². The molecule has 0 atom stereocenters. The number of likely N-dealkylation sites (N-methyl/N-ethyl adjacent to an activating group) is 1. The minimum absolute atomic E-state index is 0.851. The zero-order valence-electron chi connectivity index (χ0n) is 10.7. The lowest BCUT2D eigenvalue weighted by Gasteiger charge is -2.20. The van der Waals surface area contributed by atoms with E-state index in [-0.39, 0.29) is 0 Å². The average Bonchev–Trinajstić information content (AvgIpc) is 3.19. The molecule has 0 bridgehead atoms. The Bertz CT molecular complexity index is 349. The summed E-state index contributed by atoms with van der Waals surface area (Å²) in [6, 6.07) is 2.93. The van der Waals surface area contributed by atoms with Crippen LogP contribution >= 0.6 is 0 Å². The number of anilines is 2. The van der Waals surface area contributed by atoms with Crippen LogP contribution in [0.2, 0.25) is 0 Å². The van der Waals surface area contributed by atoms with E-state index in [1.54, 1.807) is 0 Å². The van der Waals surface area contributed by atoms with Crippen molar-refractivity contribution in [3.63, 3.8) is 0 Å². The van der Waals surface area contributed by atoms with Crippen LogP contribution in [0.25, 0.3) is 0 Å². The minimum atomic E-state index is 0.851. The van der Waals surface area contributed by atoms with Crippen molar-refractivity contribution >= 4 is 11.4 Å². The standard InChI is InChI=1S/C13H22N4/c1-3-17(13-4-5-13)7-6-16-12-8-11(14-2)9-15-10-12/h8-10,13-14,16H,3-7H2,1-2H3. The quantitative estimate of drug-likeness (QED) is 0.757. The van der Waals surface area contributed by atoms with E-state index in [2.05, 4.69) is 33.5 Å². The fourth-order valence-electron chi connectivity index (χ4n) is 2.06. The molecule has 4 heteroatoms. The van der Waals surface area contributed by atoms with Gasteiger partial charge in [0.2, 0.25) is 0 Å². The van der Waals surface area contributed by atoms with E-state index >= 15 is 0 Å². The highest BCUT2D eigenvalue weighted by Crippen LogP contribution is 2.26. The molecule has 2 N–H and O–H groups in total. The maximum absolute atomic E-state index is 4.18. The second-order valence-corrected chi connectivity index (χ2v) is 4.50. The van der Waals surface area contributed by atoms with Crippen LogP contribution in [0.1, 0.15) is 19.8 Å². The highest BCUT2D eigenvalue weighted by molar-refractivity contribution is 5.53. The molecule has 0 aromatic carbocycles. The van der Waals surface area contributed by atoms with Crippen molar-refractivity contribution in [1.82, 2.24) is 9.88 Å². The summed E-state index contributed by atoms with van der Waals surface area (Å²) in [4.78, 5) is 6.73. The normalized spacial score (nSPS) is 15.0. The fourth-order valence-corrected chi connectivity index (χ4v) is 2.06. The number of hydrogen-bond donors (Lipinski definition) is 2. The molecule has 4 nitrogen and oxygen atoms in total. The van der Waals surface area contributed by atoms with Gasteiger partial charge in [0.05, 0.1) is 23.8 Å². The zero-order valence-corrected chi connectivity index (χ0v) is 10.7. The lowest BCUT2D eigenvalue weighted by Crippen LogP contribution is -2.30. The molecule has 1 heterocycles. The third-order valence-electron chi connectivity index (χ3n) is 3.22. The number of rotatable bonds is 7. The van der Waals surface area contributed by atoms with Gasteiger partial charge in [-0.15, -0.1) is 0 Å². The van der Waals surface area contributed by atoms with Crippen LogP contribution in [0, 0.1) is 0 Å². The molecule has 0 saturated heterocycles. The van der Waals surface area contributed by atoms with Crippen LogP contribution in [0.15, 0.2) is 18.5 Å². The van der Waals surface area contributed by atoms with E-state index in [4.69, 9.17) is 0 Å². The molecule has 1 aromatic rings. The van der Waals surface area contributed by atoms with E-state index < -0.39 is 0 Å². The molecule has 0 radical (unpaired) electrons. The summed E-state index contributed by atoms with van der Waals surface area (Å²) in [7, 11) is 1.91. The smallest absolute Gasteiger partial charge is 0.0547 e. The number of hydrogen-bond acceptors (Lipinski definition) is 4. The van der Waals surface area contributed by atoms with Crippen LogP contribution in [0.4, 0.5) is 11.4 Å². The monoisotopic (exact) mass is 234 g/mol. The molecular weight excluding hydrogens is 212 g/mol. The van der Waals surface area contributed by atoms with Crippen molar-refractivity contribution in [3.8, 4) is 0 Å². The van der Waals surface area contributed by atoms with Crippen molar-refractivity contribution in [3.05, 3.63) is 18.5 Å². The molecule has 0 spiro atoms. The van der Waals surface area contributed by atoms with Crippen LogP contribution in [-0.2, 0) is 0 Å². The summed E-state index contributed by atoms with van der Waals surface area (Å²) in [6.07, 6.45) is 6.46. The summed E-state index contributed by atoms with van der Waals surface area (Å²) in [5, 5.41) is 6.52. The SMILES string of the molecule is CCN(CCNc1cncc(NC)c1)C1CC1. The Kier molecular flexibility index (Phi) is 4.20. The number of pyridine rings is 1. The topological polar surface area (TPSA) is 40.2 Å². The molecule has 0 aliphatic heterocycles. The summed E-state index contributed by atoms with van der Waals surface area (Å²) in [6.45, 7) is 5.49. The van der Waals surface area contributed by atoms with Crippen molar-refractivity contribution < 1.29 is 0 Å². The third-order valence-corrected chi connectivity index (χ3v) is 3.22. The van der Waals surface area contributed by atoms with Gasteiger partial charge in [0, 0.05) is 26.2 Å². The van der Waals surface area contributed by atoms with E-state index in [0.717, 1.165) is 37.1 Å². The van der Waals surface area contributed by atoms with Gasteiger partial charge in [0.25, 0.3) is 0 Å². The molecule has 1 saturated carbocycles. The number of aromatic nitrogens is 1. The Morgan fingerprint density at radius 2 is 2.12 bits per heavy atom. The number of nitrogens with zero attached hydrogens (tertiary/aromatic N) is 2. The van der Waals surface area contributed by atoms with Gasteiger partial charge < -0.3 is 10.6 Å². The predicted molar refractivity (Wildman–Crippen MR) is 72.5 cm³/mol. The molecule has 1 fully saturated rings. The summed E-state index contributed by atoms with van der Waals surface area (Å²) < 4.78 is 0. The minimum Gasteiger partial charge on any atom is -0.387 e.